The molecule has 0 bridgehead atoms. The summed E-state index contributed by atoms with van der Waals surface area (Å²) in [7, 11) is 0. The Labute approximate surface area is 298 Å². The maximum Gasteiger partial charge on any atom is 0.306 e. The van der Waals surface area contributed by atoms with Gasteiger partial charge in [0.05, 0.1) is 0 Å². The molecule has 0 aromatic heterocycles. The molecule has 0 aromatic carbocycles. The molecule has 0 fully saturated rings. The van der Waals surface area contributed by atoms with E-state index in [1.807, 2.05) is 0 Å². The van der Waals surface area contributed by atoms with E-state index in [2.05, 4.69) is 27.7 Å². The van der Waals surface area contributed by atoms with Crippen molar-refractivity contribution >= 4 is 17.9 Å². The van der Waals surface area contributed by atoms with Crippen molar-refractivity contribution in [1.82, 2.24) is 0 Å². The smallest absolute Gasteiger partial charge is 0.306 e. The van der Waals surface area contributed by atoms with Crippen LogP contribution in [0.25, 0.3) is 0 Å². The lowest BCUT2D eigenvalue weighted by Crippen LogP contribution is -2.30. The van der Waals surface area contributed by atoms with Crippen LogP contribution in [0.4, 0.5) is 0 Å². The summed E-state index contributed by atoms with van der Waals surface area (Å²) in [5.74, 6) is -0.108. The lowest BCUT2D eigenvalue weighted by Gasteiger charge is -2.18. The maximum absolute atomic E-state index is 12.6. The van der Waals surface area contributed by atoms with Crippen LogP contribution in [-0.2, 0) is 28.6 Å². The third kappa shape index (κ3) is 35.7. The molecule has 0 aliphatic rings. The fourth-order valence-electron chi connectivity index (χ4n) is 6.10. The number of hydrogen-bond donors (Lipinski definition) is 0. The Morgan fingerprint density at radius 2 is 0.688 bits per heavy atom. The number of hydrogen-bond acceptors (Lipinski definition) is 6. The molecule has 6 heteroatoms. The van der Waals surface area contributed by atoms with Gasteiger partial charge in [0.25, 0.3) is 0 Å². The minimum atomic E-state index is -0.758. The first-order valence-electron chi connectivity index (χ1n) is 20.9. The van der Waals surface area contributed by atoms with Gasteiger partial charge >= 0.3 is 17.9 Å². The average Bonchev–Trinajstić information content (AvgIpc) is 3.06. The molecule has 0 N–H and O–H groups in total. The summed E-state index contributed by atoms with van der Waals surface area (Å²) < 4.78 is 16.6. The van der Waals surface area contributed by atoms with Gasteiger partial charge in [-0.05, 0) is 25.2 Å². The quantitative estimate of drug-likeness (QED) is 0.0369. The van der Waals surface area contributed by atoms with Gasteiger partial charge in [-0.25, -0.2) is 0 Å². The van der Waals surface area contributed by atoms with Crippen molar-refractivity contribution in [3.63, 3.8) is 0 Å². The summed E-state index contributed by atoms with van der Waals surface area (Å²) in [6, 6.07) is 0. The predicted octanol–water partition coefficient (Wildman–Crippen LogP) is 12.8. The van der Waals surface area contributed by atoms with Crippen LogP contribution in [0.5, 0.6) is 0 Å². The molecule has 6 nitrogen and oxygen atoms in total. The highest BCUT2D eigenvalue weighted by Gasteiger charge is 2.19. The van der Waals surface area contributed by atoms with E-state index in [9.17, 15) is 14.4 Å². The largest absolute Gasteiger partial charge is 0.462 e. The van der Waals surface area contributed by atoms with Crippen LogP contribution in [0.2, 0.25) is 0 Å². The van der Waals surface area contributed by atoms with Crippen LogP contribution in [0.1, 0.15) is 227 Å². The first-order chi connectivity index (χ1) is 23.4. The van der Waals surface area contributed by atoms with E-state index in [1.54, 1.807) is 0 Å². The van der Waals surface area contributed by atoms with Crippen molar-refractivity contribution in [2.45, 2.75) is 233 Å². The number of ether oxygens (including phenoxy) is 3. The third-order valence-electron chi connectivity index (χ3n) is 9.29. The van der Waals surface area contributed by atoms with Crippen molar-refractivity contribution in [3.05, 3.63) is 0 Å². The fraction of sp³-hybridized carbons (Fsp3) is 0.929. The molecule has 0 radical (unpaired) electrons. The van der Waals surface area contributed by atoms with Gasteiger partial charge in [0.1, 0.15) is 13.2 Å². The summed E-state index contributed by atoms with van der Waals surface area (Å²) in [6.07, 6.45) is 33.8. The van der Waals surface area contributed by atoms with Crippen LogP contribution in [0.15, 0.2) is 0 Å². The molecule has 1 atom stereocenters. The highest BCUT2D eigenvalue weighted by molar-refractivity contribution is 5.71. The van der Waals surface area contributed by atoms with Crippen molar-refractivity contribution in [2.24, 2.45) is 5.92 Å². The van der Waals surface area contributed by atoms with Gasteiger partial charge in [-0.1, -0.05) is 188 Å². The lowest BCUT2D eigenvalue weighted by atomic mass is 10.0. The molecular formula is C42H80O6. The number of carbonyl (C=O) groups excluding carboxylic acids is 3. The molecule has 0 aromatic rings. The van der Waals surface area contributed by atoms with Crippen molar-refractivity contribution in [2.75, 3.05) is 13.2 Å². The molecule has 0 aliphatic heterocycles. The molecule has 0 saturated heterocycles. The number of carbonyl (C=O) groups is 3. The molecule has 0 unspecified atom stereocenters. The summed E-state index contributed by atoms with van der Waals surface area (Å²) in [6.45, 7) is 8.88. The molecule has 0 rings (SSSR count). The normalized spacial score (nSPS) is 11.9. The fourth-order valence-corrected chi connectivity index (χ4v) is 6.10. The summed E-state index contributed by atoms with van der Waals surface area (Å²) in [5.41, 5.74) is 0. The SMILES string of the molecule is CCCCCCCCCCCCCCC(=O)OC[C@H](COC(=O)CCCCCCCCCCC)OC(=O)CCCCCCCCC(C)C. The van der Waals surface area contributed by atoms with Crippen molar-refractivity contribution in [1.29, 1.82) is 0 Å². The molecule has 0 heterocycles. The van der Waals surface area contributed by atoms with Gasteiger partial charge < -0.3 is 14.2 Å². The number of unbranched alkanes of at least 4 members (excludes halogenated alkanes) is 24. The molecule has 284 valence electrons. The monoisotopic (exact) mass is 681 g/mol. The first-order valence-corrected chi connectivity index (χ1v) is 20.9. The molecule has 0 amide bonds. The second kappa shape index (κ2) is 36.7. The van der Waals surface area contributed by atoms with Gasteiger partial charge in [0.2, 0.25) is 0 Å². The van der Waals surface area contributed by atoms with E-state index in [-0.39, 0.29) is 31.1 Å². The number of rotatable bonds is 37. The zero-order valence-corrected chi connectivity index (χ0v) is 32.4. The highest BCUT2D eigenvalue weighted by Crippen LogP contribution is 2.15. The molecule has 48 heavy (non-hydrogen) atoms. The molecule has 0 saturated carbocycles. The summed E-state index contributed by atoms with van der Waals surface area (Å²) in [5, 5.41) is 0. The van der Waals surface area contributed by atoms with Crippen LogP contribution < -0.4 is 0 Å². The Morgan fingerprint density at radius 1 is 0.396 bits per heavy atom. The second-order valence-corrected chi connectivity index (χ2v) is 14.7. The first kappa shape index (κ1) is 46.4. The van der Waals surface area contributed by atoms with Gasteiger partial charge in [0, 0.05) is 19.3 Å². The Kier molecular flexibility index (Phi) is 35.5. The standard InChI is InChI=1S/C42H80O6/c1-5-7-9-11-13-15-16-17-19-21-26-30-34-41(44)47-37-39(48-42(45)35-31-27-23-22-24-28-32-38(3)4)36-46-40(43)33-29-25-20-18-14-12-10-8-6-2/h38-39H,5-37H2,1-4H3/t39-/m0/s1. The van der Waals surface area contributed by atoms with E-state index in [4.69, 9.17) is 14.2 Å². The van der Waals surface area contributed by atoms with Gasteiger partial charge in [0.15, 0.2) is 6.10 Å². The van der Waals surface area contributed by atoms with Crippen LogP contribution in [-0.4, -0.2) is 37.2 Å². The Bertz CT molecular complexity index is 721. The maximum atomic E-state index is 12.6. The second-order valence-electron chi connectivity index (χ2n) is 14.7. The van der Waals surface area contributed by atoms with Crippen molar-refractivity contribution in [3.8, 4) is 0 Å². The van der Waals surface area contributed by atoms with Crippen LogP contribution in [0.3, 0.4) is 0 Å². The van der Waals surface area contributed by atoms with E-state index in [0.29, 0.717) is 19.3 Å². The molecule has 0 spiro atoms. The zero-order valence-electron chi connectivity index (χ0n) is 32.4. The summed E-state index contributed by atoms with van der Waals surface area (Å²) in [4.78, 5) is 37.4. The minimum absolute atomic E-state index is 0.0655. The highest BCUT2D eigenvalue weighted by atomic mass is 16.6. The third-order valence-corrected chi connectivity index (χ3v) is 9.29. The average molecular weight is 681 g/mol. The lowest BCUT2D eigenvalue weighted by molar-refractivity contribution is -0.167. The Hall–Kier alpha value is -1.59. The molecule has 0 aliphatic carbocycles. The number of esters is 3. The van der Waals surface area contributed by atoms with E-state index in [1.165, 1.54) is 122 Å². The molecular weight excluding hydrogens is 600 g/mol. The predicted molar refractivity (Wildman–Crippen MR) is 201 cm³/mol. The summed E-state index contributed by atoms with van der Waals surface area (Å²) >= 11 is 0. The van der Waals surface area contributed by atoms with E-state index in [0.717, 1.165) is 63.7 Å². The van der Waals surface area contributed by atoms with Crippen molar-refractivity contribution < 1.29 is 28.6 Å². The van der Waals surface area contributed by atoms with Gasteiger partial charge in [-0.3, -0.25) is 14.4 Å². The Balaban J connectivity index is 4.32. The Morgan fingerprint density at radius 3 is 1.02 bits per heavy atom. The van der Waals surface area contributed by atoms with Gasteiger partial charge in [-0.2, -0.15) is 0 Å². The van der Waals surface area contributed by atoms with E-state index < -0.39 is 6.10 Å². The topological polar surface area (TPSA) is 78.9 Å². The van der Waals surface area contributed by atoms with Gasteiger partial charge in [-0.15, -0.1) is 0 Å². The zero-order chi connectivity index (χ0) is 35.3. The van der Waals surface area contributed by atoms with E-state index >= 15 is 0 Å². The van der Waals surface area contributed by atoms with Crippen LogP contribution >= 0.6 is 0 Å². The van der Waals surface area contributed by atoms with Crippen LogP contribution in [0, 0.1) is 5.92 Å². The minimum Gasteiger partial charge on any atom is -0.462 e.